The number of nitrogens with zero attached hydrogens (tertiary/aromatic N) is 4. The number of piperazine rings is 1. The number of aryl methyl sites for hydroxylation is 1. The van der Waals surface area contributed by atoms with E-state index in [1.807, 2.05) is 37.6 Å². The Morgan fingerprint density at radius 1 is 1.21 bits per heavy atom. The van der Waals surface area contributed by atoms with Crippen LogP contribution in [0.25, 0.3) is 0 Å². The minimum atomic E-state index is -0.589. The van der Waals surface area contributed by atoms with Crippen molar-refractivity contribution in [2.75, 3.05) is 32.7 Å². The van der Waals surface area contributed by atoms with Gasteiger partial charge < -0.3 is 20.1 Å². The standard InChI is InChI=1S/C24H31N7O3/c1-29-10-9-27-22(29)20-14-26-8-12-30(20)11-7-25-13-16-3-2-4-17-18(16)15-31(24(17)34)19-5-6-21(32)28-23(19)33/h2-4,9-10,19-20,25-26H,5-8,11-15H2,1H3,(H,28,32,33). The fourth-order valence-corrected chi connectivity index (χ4v) is 5.23. The highest BCUT2D eigenvalue weighted by Gasteiger charge is 2.39. The molecule has 2 fully saturated rings. The lowest BCUT2D eigenvalue weighted by molar-refractivity contribution is -0.136. The number of amides is 3. The van der Waals surface area contributed by atoms with Crippen molar-refractivity contribution >= 4 is 17.7 Å². The van der Waals surface area contributed by atoms with E-state index >= 15 is 0 Å². The van der Waals surface area contributed by atoms with E-state index in [1.165, 1.54) is 0 Å². The van der Waals surface area contributed by atoms with Crippen LogP contribution in [0.1, 0.15) is 46.2 Å². The van der Waals surface area contributed by atoms with E-state index in [4.69, 9.17) is 0 Å². The van der Waals surface area contributed by atoms with Crippen LogP contribution in [-0.4, -0.2) is 75.8 Å². The highest BCUT2D eigenvalue weighted by atomic mass is 16.2. The number of hydrogen-bond acceptors (Lipinski definition) is 7. The molecule has 34 heavy (non-hydrogen) atoms. The molecule has 10 nitrogen and oxygen atoms in total. The van der Waals surface area contributed by atoms with Crippen molar-refractivity contribution in [3.63, 3.8) is 0 Å². The maximum Gasteiger partial charge on any atom is 0.255 e. The van der Waals surface area contributed by atoms with Gasteiger partial charge in [0.05, 0.1) is 6.04 Å². The van der Waals surface area contributed by atoms with Crippen LogP contribution in [0.15, 0.2) is 30.6 Å². The van der Waals surface area contributed by atoms with Gasteiger partial charge in [-0.1, -0.05) is 12.1 Å². The first-order chi connectivity index (χ1) is 16.5. The second kappa shape index (κ2) is 9.65. The SMILES string of the molecule is Cn1ccnc1C1CNCCN1CCNCc1cccc2c1CN(C1CCC(=O)NC1=O)C2=O. The van der Waals surface area contributed by atoms with Gasteiger partial charge in [-0.3, -0.25) is 24.6 Å². The van der Waals surface area contributed by atoms with Gasteiger partial charge >= 0.3 is 0 Å². The summed E-state index contributed by atoms with van der Waals surface area (Å²) >= 11 is 0. The molecule has 3 amide bonds. The summed E-state index contributed by atoms with van der Waals surface area (Å²) in [4.78, 5) is 45.4. The number of piperidine rings is 1. The first-order valence-corrected chi connectivity index (χ1v) is 11.9. The summed E-state index contributed by atoms with van der Waals surface area (Å²) in [5.41, 5.74) is 2.69. The molecule has 1 aromatic carbocycles. The molecule has 10 heteroatoms. The maximum absolute atomic E-state index is 13.0. The van der Waals surface area contributed by atoms with Gasteiger partial charge in [0, 0.05) is 77.2 Å². The molecule has 2 saturated heterocycles. The van der Waals surface area contributed by atoms with E-state index in [2.05, 4.69) is 30.4 Å². The number of aromatic nitrogens is 2. The van der Waals surface area contributed by atoms with E-state index in [9.17, 15) is 14.4 Å². The monoisotopic (exact) mass is 465 g/mol. The second-order valence-corrected chi connectivity index (χ2v) is 9.17. The third kappa shape index (κ3) is 4.36. The van der Waals surface area contributed by atoms with Gasteiger partial charge in [-0.2, -0.15) is 0 Å². The summed E-state index contributed by atoms with van der Waals surface area (Å²) in [6, 6.07) is 5.42. The van der Waals surface area contributed by atoms with E-state index in [0.717, 1.165) is 49.7 Å². The molecular weight excluding hydrogens is 434 g/mol. The molecule has 2 atom stereocenters. The Morgan fingerprint density at radius 2 is 2.09 bits per heavy atom. The molecule has 0 radical (unpaired) electrons. The molecule has 0 aliphatic carbocycles. The molecule has 0 spiro atoms. The molecule has 0 bridgehead atoms. The van der Waals surface area contributed by atoms with Gasteiger partial charge in [0.1, 0.15) is 11.9 Å². The molecule has 5 rings (SSSR count). The van der Waals surface area contributed by atoms with E-state index in [1.54, 1.807) is 4.90 Å². The minimum Gasteiger partial charge on any atom is -0.337 e. The average molecular weight is 466 g/mol. The van der Waals surface area contributed by atoms with Gasteiger partial charge in [-0.05, 0) is 23.6 Å². The van der Waals surface area contributed by atoms with Crippen molar-refractivity contribution in [2.45, 2.75) is 38.0 Å². The van der Waals surface area contributed by atoms with E-state index < -0.39 is 6.04 Å². The zero-order chi connectivity index (χ0) is 23.7. The molecule has 2 unspecified atom stereocenters. The Labute approximate surface area is 198 Å². The highest BCUT2D eigenvalue weighted by molar-refractivity contribution is 6.05. The molecular formula is C24H31N7O3. The van der Waals surface area contributed by atoms with E-state index in [0.29, 0.717) is 25.1 Å². The number of hydrogen-bond donors (Lipinski definition) is 3. The van der Waals surface area contributed by atoms with Crippen LogP contribution in [0, 0.1) is 0 Å². The highest BCUT2D eigenvalue weighted by Crippen LogP contribution is 2.29. The predicted molar refractivity (Wildman–Crippen MR) is 125 cm³/mol. The van der Waals surface area contributed by atoms with Crippen molar-refractivity contribution in [1.82, 2.24) is 35.3 Å². The molecule has 0 saturated carbocycles. The van der Waals surface area contributed by atoms with Crippen LogP contribution in [0.5, 0.6) is 0 Å². The van der Waals surface area contributed by atoms with Gasteiger partial charge in [0.15, 0.2) is 0 Å². The lowest BCUT2D eigenvalue weighted by Crippen LogP contribution is -2.52. The first-order valence-electron chi connectivity index (χ1n) is 11.9. The van der Waals surface area contributed by atoms with Crippen LogP contribution in [0.2, 0.25) is 0 Å². The van der Waals surface area contributed by atoms with Gasteiger partial charge in [0.2, 0.25) is 11.8 Å². The van der Waals surface area contributed by atoms with Crippen LogP contribution in [-0.2, 0) is 29.7 Å². The quantitative estimate of drug-likeness (QED) is 0.387. The van der Waals surface area contributed by atoms with Gasteiger partial charge in [0.25, 0.3) is 5.91 Å². The van der Waals surface area contributed by atoms with Crippen molar-refractivity contribution in [1.29, 1.82) is 0 Å². The summed E-state index contributed by atoms with van der Waals surface area (Å²) in [5, 5.41) is 9.37. The molecule has 3 aliphatic rings. The Kier molecular flexibility index (Phi) is 6.44. The summed E-state index contributed by atoms with van der Waals surface area (Å²) in [6.07, 6.45) is 4.46. The normalized spacial score (nSPS) is 23.3. The second-order valence-electron chi connectivity index (χ2n) is 9.17. The minimum absolute atomic E-state index is 0.134. The summed E-state index contributed by atoms with van der Waals surface area (Å²) < 4.78 is 2.08. The number of benzene rings is 1. The smallest absolute Gasteiger partial charge is 0.255 e. The number of carbonyl (C=O) groups is 3. The number of imide groups is 1. The maximum atomic E-state index is 13.0. The molecule has 3 aliphatic heterocycles. The molecule has 2 aromatic rings. The van der Waals surface area contributed by atoms with Crippen LogP contribution in [0.3, 0.4) is 0 Å². The number of nitrogens with one attached hydrogen (secondary N) is 3. The van der Waals surface area contributed by atoms with Crippen molar-refractivity contribution < 1.29 is 14.4 Å². The predicted octanol–water partition coefficient (Wildman–Crippen LogP) is -0.0828. The zero-order valence-corrected chi connectivity index (χ0v) is 19.4. The topological polar surface area (TPSA) is 112 Å². The third-order valence-corrected chi connectivity index (χ3v) is 7.08. The fourth-order valence-electron chi connectivity index (χ4n) is 5.23. The average Bonchev–Trinajstić information content (AvgIpc) is 3.40. The number of carbonyl (C=O) groups excluding carboxylic acids is 3. The summed E-state index contributed by atoms with van der Waals surface area (Å²) in [7, 11) is 2.03. The van der Waals surface area contributed by atoms with Crippen molar-refractivity contribution in [3.05, 3.63) is 53.1 Å². The van der Waals surface area contributed by atoms with Crippen molar-refractivity contribution in [3.8, 4) is 0 Å². The fraction of sp³-hybridized carbons (Fsp3) is 0.500. The largest absolute Gasteiger partial charge is 0.337 e. The zero-order valence-electron chi connectivity index (χ0n) is 19.4. The lowest BCUT2D eigenvalue weighted by Gasteiger charge is -2.35. The molecule has 3 N–H and O–H groups in total. The Hall–Kier alpha value is -3.08. The first kappa shape index (κ1) is 22.7. The number of rotatable bonds is 7. The number of fused-ring (bicyclic) bond motifs is 1. The number of imidazole rings is 1. The third-order valence-electron chi connectivity index (χ3n) is 7.08. The van der Waals surface area contributed by atoms with Crippen LogP contribution < -0.4 is 16.0 Å². The van der Waals surface area contributed by atoms with Crippen LogP contribution in [0.4, 0.5) is 0 Å². The summed E-state index contributed by atoms with van der Waals surface area (Å²) in [5.74, 6) is 0.283. The van der Waals surface area contributed by atoms with Crippen LogP contribution >= 0.6 is 0 Å². The summed E-state index contributed by atoms with van der Waals surface area (Å²) in [6.45, 7) is 5.58. The molecule has 180 valence electrons. The lowest BCUT2D eigenvalue weighted by atomic mass is 10.0. The van der Waals surface area contributed by atoms with Gasteiger partial charge in [-0.15, -0.1) is 0 Å². The van der Waals surface area contributed by atoms with Crippen molar-refractivity contribution in [2.24, 2.45) is 7.05 Å². The molecule has 4 heterocycles. The Morgan fingerprint density at radius 3 is 2.88 bits per heavy atom. The Balaban J connectivity index is 1.20. The van der Waals surface area contributed by atoms with E-state index in [-0.39, 0.29) is 30.2 Å². The van der Waals surface area contributed by atoms with Gasteiger partial charge in [-0.25, -0.2) is 4.98 Å². The molecule has 1 aromatic heterocycles. The Bertz CT molecular complexity index is 1100.